The predicted octanol–water partition coefficient (Wildman–Crippen LogP) is 6.19. The molecule has 0 N–H and O–H groups in total. The summed E-state index contributed by atoms with van der Waals surface area (Å²) in [5, 5.41) is 0. The van der Waals surface area contributed by atoms with Gasteiger partial charge in [-0.25, -0.2) is 0 Å². The van der Waals surface area contributed by atoms with E-state index in [0.29, 0.717) is 11.3 Å². The van der Waals surface area contributed by atoms with Gasteiger partial charge in [-0.15, -0.1) is 0 Å². The number of aliphatic imine (C=N–C) groups is 1. The van der Waals surface area contributed by atoms with Crippen LogP contribution in [-0.4, -0.2) is 36.7 Å². The highest BCUT2D eigenvalue weighted by Gasteiger charge is 2.53. The SMILES string of the molecule is CN=C(C)/C=C(\C)C1CC2(C1)CN(C(=O)c1cccc(C)c1)C2.Cc1ccccc1C. The Kier molecular flexibility index (Phi) is 7.15. The van der Waals surface area contributed by atoms with Gasteiger partial charge in [-0.05, 0) is 82.7 Å². The molecule has 1 spiro atoms. The molecule has 2 aromatic carbocycles. The molecule has 0 atom stereocenters. The molecule has 1 saturated carbocycles. The summed E-state index contributed by atoms with van der Waals surface area (Å²) < 4.78 is 0. The fourth-order valence-corrected chi connectivity index (χ4v) is 4.61. The minimum Gasteiger partial charge on any atom is -0.337 e. The average Bonchev–Trinajstić information content (AvgIpc) is 2.68. The third-order valence-corrected chi connectivity index (χ3v) is 6.82. The van der Waals surface area contributed by atoms with Gasteiger partial charge >= 0.3 is 0 Å². The van der Waals surface area contributed by atoms with Gasteiger partial charge in [0.2, 0.25) is 0 Å². The predicted molar refractivity (Wildman–Crippen MR) is 131 cm³/mol. The van der Waals surface area contributed by atoms with Crippen LogP contribution in [0.25, 0.3) is 0 Å². The first kappa shape index (κ1) is 23.0. The van der Waals surface area contributed by atoms with Gasteiger partial charge in [-0.3, -0.25) is 9.79 Å². The summed E-state index contributed by atoms with van der Waals surface area (Å²) in [6.45, 7) is 12.4. The number of likely N-dealkylation sites (tertiary alicyclic amines) is 1. The first-order valence-electron chi connectivity index (χ1n) is 11.2. The van der Waals surface area contributed by atoms with Crippen LogP contribution >= 0.6 is 0 Å². The van der Waals surface area contributed by atoms with Crippen molar-refractivity contribution in [2.24, 2.45) is 16.3 Å². The lowest BCUT2D eigenvalue weighted by atomic mass is 9.56. The highest BCUT2D eigenvalue weighted by Crippen LogP contribution is 2.54. The van der Waals surface area contributed by atoms with E-state index in [2.05, 4.69) is 56.1 Å². The molecule has 0 radical (unpaired) electrons. The van der Waals surface area contributed by atoms with E-state index in [1.807, 2.05) is 50.1 Å². The topological polar surface area (TPSA) is 32.7 Å². The van der Waals surface area contributed by atoms with Crippen LogP contribution < -0.4 is 0 Å². The zero-order valence-corrected chi connectivity index (χ0v) is 19.9. The van der Waals surface area contributed by atoms with E-state index >= 15 is 0 Å². The Balaban J connectivity index is 0.000000287. The van der Waals surface area contributed by atoms with Crippen molar-refractivity contribution in [1.82, 2.24) is 4.90 Å². The van der Waals surface area contributed by atoms with Crippen LogP contribution in [0.5, 0.6) is 0 Å². The van der Waals surface area contributed by atoms with Gasteiger partial charge in [-0.2, -0.15) is 0 Å². The standard InChI is InChI=1S/C20H26N2O.C8H10/c1-14-6-5-7-17(8-14)19(23)22-12-20(13-22)10-18(11-20)15(2)9-16(3)21-4;1-7-5-3-4-6-8(7)2/h5-9,18H,10-13H2,1-4H3;3-6H,1-2H3/b15-9+,21-16?;. The summed E-state index contributed by atoms with van der Waals surface area (Å²) >= 11 is 0. The van der Waals surface area contributed by atoms with Crippen molar-refractivity contribution in [2.45, 2.75) is 47.5 Å². The molecule has 1 aliphatic carbocycles. The number of benzene rings is 2. The highest BCUT2D eigenvalue weighted by molar-refractivity contribution is 5.95. The zero-order chi connectivity index (χ0) is 22.6. The molecule has 1 aliphatic heterocycles. The molecular weight excluding hydrogens is 380 g/mol. The van der Waals surface area contributed by atoms with E-state index in [1.54, 1.807) is 0 Å². The van der Waals surface area contributed by atoms with Crippen molar-refractivity contribution in [1.29, 1.82) is 0 Å². The lowest BCUT2D eigenvalue weighted by molar-refractivity contribution is -0.0664. The van der Waals surface area contributed by atoms with Crippen molar-refractivity contribution in [3.05, 3.63) is 82.4 Å². The molecule has 164 valence electrons. The monoisotopic (exact) mass is 416 g/mol. The Morgan fingerprint density at radius 1 is 1.00 bits per heavy atom. The summed E-state index contributed by atoms with van der Waals surface area (Å²) in [5.41, 5.74) is 7.61. The van der Waals surface area contributed by atoms with Gasteiger partial charge in [0.1, 0.15) is 0 Å². The van der Waals surface area contributed by atoms with E-state index in [-0.39, 0.29) is 5.91 Å². The second-order valence-electron chi connectivity index (χ2n) is 9.47. The molecule has 31 heavy (non-hydrogen) atoms. The lowest BCUT2D eigenvalue weighted by Gasteiger charge is -2.59. The van der Waals surface area contributed by atoms with Crippen molar-refractivity contribution in [3.8, 4) is 0 Å². The molecule has 2 fully saturated rings. The minimum atomic E-state index is 0.184. The summed E-state index contributed by atoms with van der Waals surface area (Å²) in [5.74, 6) is 0.854. The second kappa shape index (κ2) is 9.64. The van der Waals surface area contributed by atoms with Crippen LogP contribution in [-0.2, 0) is 0 Å². The second-order valence-corrected chi connectivity index (χ2v) is 9.47. The average molecular weight is 417 g/mol. The Morgan fingerprint density at radius 2 is 1.61 bits per heavy atom. The first-order chi connectivity index (χ1) is 14.7. The summed E-state index contributed by atoms with van der Waals surface area (Å²) in [4.78, 5) is 18.7. The largest absolute Gasteiger partial charge is 0.337 e. The molecule has 1 heterocycles. The molecule has 2 aliphatic rings. The molecule has 1 saturated heterocycles. The van der Waals surface area contributed by atoms with E-state index in [0.717, 1.165) is 29.9 Å². The lowest BCUT2D eigenvalue weighted by Crippen LogP contribution is -2.63. The number of rotatable bonds is 3. The Morgan fingerprint density at radius 3 is 2.13 bits per heavy atom. The van der Waals surface area contributed by atoms with Crippen molar-refractivity contribution in [2.75, 3.05) is 20.1 Å². The number of carbonyl (C=O) groups excluding carboxylic acids is 1. The smallest absolute Gasteiger partial charge is 0.253 e. The van der Waals surface area contributed by atoms with Gasteiger partial charge in [0.05, 0.1) is 0 Å². The zero-order valence-electron chi connectivity index (χ0n) is 19.9. The number of nitrogens with zero attached hydrogens (tertiary/aromatic N) is 2. The number of hydrogen-bond donors (Lipinski definition) is 0. The Hall–Kier alpha value is -2.68. The van der Waals surface area contributed by atoms with Gasteiger partial charge in [-0.1, -0.05) is 47.5 Å². The van der Waals surface area contributed by atoms with E-state index in [1.165, 1.54) is 29.5 Å². The summed E-state index contributed by atoms with van der Waals surface area (Å²) in [6, 6.07) is 16.3. The van der Waals surface area contributed by atoms with E-state index < -0.39 is 0 Å². The normalized spacial score (nSPS) is 18.1. The van der Waals surface area contributed by atoms with Crippen molar-refractivity contribution >= 4 is 11.6 Å². The molecule has 0 unspecified atom stereocenters. The Bertz CT molecular complexity index is 967. The van der Waals surface area contributed by atoms with Crippen LogP contribution in [0.1, 0.15) is 53.7 Å². The number of aryl methyl sites for hydroxylation is 3. The summed E-state index contributed by atoms with van der Waals surface area (Å²) in [6.07, 6.45) is 4.62. The molecule has 1 amide bonds. The quantitative estimate of drug-likeness (QED) is 0.549. The van der Waals surface area contributed by atoms with E-state index in [4.69, 9.17) is 0 Å². The first-order valence-corrected chi connectivity index (χ1v) is 11.2. The summed E-state index contributed by atoms with van der Waals surface area (Å²) in [7, 11) is 1.84. The van der Waals surface area contributed by atoms with Crippen LogP contribution in [0.2, 0.25) is 0 Å². The molecule has 0 bridgehead atoms. The number of hydrogen-bond acceptors (Lipinski definition) is 2. The van der Waals surface area contributed by atoms with E-state index in [9.17, 15) is 4.79 Å². The highest BCUT2D eigenvalue weighted by atomic mass is 16.2. The number of amides is 1. The fourth-order valence-electron chi connectivity index (χ4n) is 4.61. The number of allylic oxidation sites excluding steroid dienone is 2. The Labute approximate surface area is 187 Å². The van der Waals surface area contributed by atoms with Gasteiger partial charge in [0.15, 0.2) is 0 Å². The third kappa shape index (κ3) is 5.52. The van der Waals surface area contributed by atoms with Crippen molar-refractivity contribution < 1.29 is 4.79 Å². The van der Waals surface area contributed by atoms with Crippen LogP contribution in [0.4, 0.5) is 0 Å². The van der Waals surface area contributed by atoms with Gasteiger partial charge in [0, 0.05) is 36.8 Å². The maximum absolute atomic E-state index is 12.5. The molecule has 3 nitrogen and oxygen atoms in total. The molecule has 3 heteroatoms. The van der Waals surface area contributed by atoms with Crippen molar-refractivity contribution in [3.63, 3.8) is 0 Å². The molecule has 2 aromatic rings. The molecular formula is C28H36N2O. The maximum Gasteiger partial charge on any atom is 0.253 e. The van der Waals surface area contributed by atoms with Crippen LogP contribution in [0.3, 0.4) is 0 Å². The third-order valence-electron chi connectivity index (χ3n) is 6.82. The molecule has 4 rings (SSSR count). The van der Waals surface area contributed by atoms with Gasteiger partial charge in [0.25, 0.3) is 5.91 Å². The minimum absolute atomic E-state index is 0.184. The maximum atomic E-state index is 12.5. The van der Waals surface area contributed by atoms with Crippen LogP contribution in [0.15, 0.2) is 65.2 Å². The number of carbonyl (C=O) groups is 1. The van der Waals surface area contributed by atoms with Crippen LogP contribution in [0, 0.1) is 32.1 Å². The molecule has 0 aromatic heterocycles. The fraction of sp³-hybridized carbons (Fsp3) is 0.429. The van der Waals surface area contributed by atoms with Gasteiger partial charge < -0.3 is 4.90 Å².